The minimum atomic E-state index is -3.99. The molecule has 0 radical (unpaired) electrons. The topological polar surface area (TPSA) is 113 Å². The molecule has 0 unspecified atom stereocenters. The van der Waals surface area contributed by atoms with E-state index in [1.807, 2.05) is 0 Å². The second-order valence-corrected chi connectivity index (χ2v) is 10.8. The highest BCUT2D eigenvalue weighted by atomic mass is 32.2. The van der Waals surface area contributed by atoms with Gasteiger partial charge in [0.2, 0.25) is 15.9 Å². The maximum Gasteiger partial charge on any atom is 0.261 e. The van der Waals surface area contributed by atoms with Crippen LogP contribution >= 0.6 is 0 Å². The van der Waals surface area contributed by atoms with Crippen molar-refractivity contribution in [1.29, 1.82) is 0 Å². The van der Waals surface area contributed by atoms with E-state index in [1.165, 1.54) is 58.8 Å². The Morgan fingerprint density at radius 2 is 1.62 bits per heavy atom. The summed E-state index contributed by atoms with van der Waals surface area (Å²) in [6, 6.07) is 9.86. The van der Waals surface area contributed by atoms with Gasteiger partial charge in [-0.25, -0.2) is 16.8 Å². The molecule has 0 saturated carbocycles. The predicted octanol–water partition coefficient (Wildman–Crippen LogP) is 2.65. The van der Waals surface area contributed by atoms with Crippen molar-refractivity contribution in [3.8, 4) is 5.75 Å². The predicted molar refractivity (Wildman–Crippen MR) is 122 cm³/mol. The summed E-state index contributed by atoms with van der Waals surface area (Å²) in [7, 11) is -6.16. The molecule has 1 aliphatic heterocycles. The van der Waals surface area contributed by atoms with Gasteiger partial charge in [-0.15, -0.1) is 0 Å². The first-order valence-corrected chi connectivity index (χ1v) is 13.2. The molecule has 9 nitrogen and oxygen atoms in total. The molecule has 32 heavy (non-hydrogen) atoms. The van der Waals surface area contributed by atoms with Crippen LogP contribution < -0.4 is 14.4 Å². The molecule has 1 amide bonds. The molecule has 1 aliphatic rings. The second kappa shape index (κ2) is 9.47. The largest absolute Gasteiger partial charge is 0.495 e. The number of methoxy groups -OCH3 is 1. The van der Waals surface area contributed by atoms with Crippen LogP contribution in [0.15, 0.2) is 52.3 Å². The lowest BCUT2D eigenvalue weighted by molar-refractivity contribution is -0.117. The van der Waals surface area contributed by atoms with Crippen LogP contribution in [0.4, 0.5) is 11.4 Å². The molecular formula is C21H27N3O6S2. The van der Waals surface area contributed by atoms with Gasteiger partial charge in [-0.3, -0.25) is 9.52 Å². The van der Waals surface area contributed by atoms with Crippen LogP contribution in [0.1, 0.15) is 26.7 Å². The number of sulfonamides is 2. The van der Waals surface area contributed by atoms with Gasteiger partial charge < -0.3 is 9.64 Å². The van der Waals surface area contributed by atoms with E-state index in [0.717, 1.165) is 0 Å². The summed E-state index contributed by atoms with van der Waals surface area (Å²) in [4.78, 5) is 13.7. The van der Waals surface area contributed by atoms with E-state index in [-0.39, 0.29) is 21.4 Å². The number of carbonyl (C=O) groups excluding carboxylic acids is 1. The van der Waals surface area contributed by atoms with Crippen LogP contribution in [-0.4, -0.2) is 53.8 Å². The van der Waals surface area contributed by atoms with E-state index >= 15 is 0 Å². The second-order valence-electron chi connectivity index (χ2n) is 7.20. The lowest BCUT2D eigenvalue weighted by Crippen LogP contribution is -2.30. The number of benzene rings is 2. The van der Waals surface area contributed by atoms with E-state index in [1.54, 1.807) is 13.8 Å². The molecule has 3 rings (SSSR count). The van der Waals surface area contributed by atoms with E-state index in [4.69, 9.17) is 4.74 Å². The Morgan fingerprint density at radius 1 is 1.00 bits per heavy atom. The maximum atomic E-state index is 13.0. The quantitative estimate of drug-likeness (QED) is 0.589. The van der Waals surface area contributed by atoms with Crippen LogP contribution in [0, 0.1) is 0 Å². The number of nitrogens with one attached hydrogen (secondary N) is 1. The zero-order chi connectivity index (χ0) is 23.5. The fraction of sp³-hybridized carbons (Fsp3) is 0.381. The minimum absolute atomic E-state index is 0.0344. The Labute approximate surface area is 189 Å². The first kappa shape index (κ1) is 24.0. The number of hydrogen-bond donors (Lipinski definition) is 1. The van der Waals surface area contributed by atoms with Crippen LogP contribution in [0.2, 0.25) is 0 Å². The summed E-state index contributed by atoms with van der Waals surface area (Å²) in [6.07, 6.45) is 1.10. The van der Waals surface area contributed by atoms with E-state index < -0.39 is 20.0 Å². The fourth-order valence-corrected chi connectivity index (χ4v) is 6.11. The highest BCUT2D eigenvalue weighted by molar-refractivity contribution is 7.92. The van der Waals surface area contributed by atoms with Gasteiger partial charge in [-0.1, -0.05) is 13.8 Å². The van der Waals surface area contributed by atoms with Gasteiger partial charge in [-0.2, -0.15) is 4.31 Å². The summed E-state index contributed by atoms with van der Waals surface area (Å²) < 4.78 is 60.2. The normalized spacial score (nSPS) is 14.8. The highest BCUT2D eigenvalue weighted by Crippen LogP contribution is 2.34. The Balaban J connectivity index is 1.87. The number of anilines is 2. The number of hydrogen-bond acceptors (Lipinski definition) is 6. The van der Waals surface area contributed by atoms with Crippen LogP contribution in [0.3, 0.4) is 0 Å². The van der Waals surface area contributed by atoms with Crippen LogP contribution in [0.5, 0.6) is 5.75 Å². The lowest BCUT2D eigenvalue weighted by atomic mass is 10.2. The first-order valence-electron chi connectivity index (χ1n) is 10.3. The molecule has 1 saturated heterocycles. The first-order chi connectivity index (χ1) is 15.1. The molecule has 0 aromatic heterocycles. The molecule has 0 bridgehead atoms. The number of rotatable bonds is 9. The third kappa shape index (κ3) is 4.74. The Bertz CT molecular complexity index is 1190. The monoisotopic (exact) mass is 481 g/mol. The molecular weight excluding hydrogens is 454 g/mol. The summed E-state index contributed by atoms with van der Waals surface area (Å²) in [5.41, 5.74) is 0.622. The zero-order valence-corrected chi connectivity index (χ0v) is 19.9. The molecule has 0 atom stereocenters. The number of carbonyl (C=O) groups is 1. The van der Waals surface area contributed by atoms with Crippen molar-refractivity contribution in [2.24, 2.45) is 0 Å². The zero-order valence-electron chi connectivity index (χ0n) is 18.2. The van der Waals surface area contributed by atoms with Crippen molar-refractivity contribution in [3.05, 3.63) is 42.5 Å². The molecule has 2 aromatic rings. The third-order valence-corrected chi connectivity index (χ3v) is 8.72. The van der Waals surface area contributed by atoms with Crippen molar-refractivity contribution < 1.29 is 26.4 Å². The standard InChI is InChI=1S/C21H27N3O6S2/c1-4-23(5-2)32(28,29)17-10-8-16(9-11-17)22-31(26,27)18-12-13-20(30-3)19(15-18)24-14-6-7-21(24)25/h8-13,15,22H,4-7,14H2,1-3H3. The molecule has 1 fully saturated rings. The van der Waals surface area contributed by atoms with Gasteiger partial charge in [0.15, 0.2) is 0 Å². The fourth-order valence-electron chi connectivity index (χ4n) is 3.57. The van der Waals surface area contributed by atoms with Gasteiger partial charge in [0, 0.05) is 31.7 Å². The average Bonchev–Trinajstić information content (AvgIpc) is 3.19. The van der Waals surface area contributed by atoms with Crippen LogP contribution in [0.25, 0.3) is 0 Å². The van der Waals surface area contributed by atoms with Crippen molar-refractivity contribution in [3.63, 3.8) is 0 Å². The molecule has 174 valence electrons. The molecule has 1 N–H and O–H groups in total. The maximum absolute atomic E-state index is 13.0. The van der Waals surface area contributed by atoms with Crippen molar-refractivity contribution in [1.82, 2.24) is 4.31 Å². The smallest absolute Gasteiger partial charge is 0.261 e. The number of amides is 1. The third-order valence-electron chi connectivity index (χ3n) is 5.27. The summed E-state index contributed by atoms with van der Waals surface area (Å²) in [6.45, 7) is 4.68. The van der Waals surface area contributed by atoms with Crippen molar-refractivity contribution in [2.75, 3.05) is 36.4 Å². The average molecular weight is 482 g/mol. The molecule has 1 heterocycles. The van der Waals surface area contributed by atoms with Crippen molar-refractivity contribution >= 4 is 37.3 Å². The van der Waals surface area contributed by atoms with E-state index in [9.17, 15) is 21.6 Å². The van der Waals surface area contributed by atoms with Gasteiger partial charge in [-0.05, 0) is 48.9 Å². The summed E-state index contributed by atoms with van der Waals surface area (Å²) >= 11 is 0. The highest BCUT2D eigenvalue weighted by Gasteiger charge is 2.27. The van der Waals surface area contributed by atoms with Crippen molar-refractivity contribution in [2.45, 2.75) is 36.5 Å². The minimum Gasteiger partial charge on any atom is -0.495 e. The molecule has 0 spiro atoms. The van der Waals surface area contributed by atoms with E-state index in [2.05, 4.69) is 4.72 Å². The molecule has 0 aliphatic carbocycles. The molecule has 2 aromatic carbocycles. The number of nitrogens with zero attached hydrogens (tertiary/aromatic N) is 2. The summed E-state index contributed by atoms with van der Waals surface area (Å²) in [5.74, 6) is 0.320. The molecule has 11 heteroatoms. The van der Waals surface area contributed by atoms with Gasteiger partial charge in [0.25, 0.3) is 10.0 Å². The Kier molecular flexibility index (Phi) is 7.11. The lowest BCUT2D eigenvalue weighted by Gasteiger charge is -2.20. The van der Waals surface area contributed by atoms with E-state index in [0.29, 0.717) is 43.9 Å². The number of ether oxygens (including phenoxy) is 1. The van der Waals surface area contributed by atoms with Gasteiger partial charge in [0.1, 0.15) is 5.75 Å². The van der Waals surface area contributed by atoms with Gasteiger partial charge >= 0.3 is 0 Å². The summed E-state index contributed by atoms with van der Waals surface area (Å²) in [5, 5.41) is 0. The van der Waals surface area contributed by atoms with Gasteiger partial charge in [0.05, 0.1) is 22.6 Å². The Morgan fingerprint density at radius 3 is 2.16 bits per heavy atom. The van der Waals surface area contributed by atoms with Crippen LogP contribution in [-0.2, 0) is 24.8 Å². The Hall–Kier alpha value is -2.63. The SMILES string of the molecule is CCN(CC)S(=O)(=O)c1ccc(NS(=O)(=O)c2ccc(OC)c(N3CCCC3=O)c2)cc1.